The molecule has 3 N–H and O–H groups in total. The summed E-state index contributed by atoms with van der Waals surface area (Å²) in [6, 6.07) is 6.60. The van der Waals surface area contributed by atoms with E-state index in [1.165, 1.54) is 13.2 Å². The molecule has 7 nitrogen and oxygen atoms in total. The summed E-state index contributed by atoms with van der Waals surface area (Å²) in [6.45, 7) is 5.62. The lowest BCUT2D eigenvalue weighted by atomic mass is 9.85. The van der Waals surface area contributed by atoms with Crippen LogP contribution in [0.1, 0.15) is 80.5 Å². The van der Waals surface area contributed by atoms with Gasteiger partial charge in [-0.05, 0) is 70.6 Å². The molecule has 2 heterocycles. The predicted octanol–water partition coefficient (Wildman–Crippen LogP) is 4.84. The number of methoxy groups -OCH3 is 1. The molecule has 0 aliphatic carbocycles. The number of hydrogen-bond donors (Lipinski definition) is 3. The molecule has 2 aromatic rings. The molecule has 0 saturated carbocycles. The Bertz CT molecular complexity index is 1070. The number of hydrogen-bond acceptors (Lipinski definition) is 7. The zero-order valence-electron chi connectivity index (χ0n) is 19.6. The van der Waals surface area contributed by atoms with Gasteiger partial charge in [-0.1, -0.05) is 6.07 Å². The molecule has 0 aromatic heterocycles. The van der Waals surface area contributed by atoms with Gasteiger partial charge < -0.3 is 29.5 Å². The van der Waals surface area contributed by atoms with Crippen LogP contribution in [0.2, 0.25) is 0 Å². The fourth-order valence-electron chi connectivity index (χ4n) is 4.69. The lowest BCUT2D eigenvalue weighted by Gasteiger charge is -2.38. The lowest BCUT2D eigenvalue weighted by Crippen LogP contribution is -2.37. The van der Waals surface area contributed by atoms with E-state index in [1.807, 2.05) is 6.92 Å². The Balaban J connectivity index is 1.59. The number of phenols is 2. The van der Waals surface area contributed by atoms with Crippen molar-refractivity contribution >= 4 is 5.78 Å². The van der Waals surface area contributed by atoms with Crippen LogP contribution in [-0.4, -0.2) is 39.4 Å². The molecule has 0 bridgehead atoms. The monoisotopic (exact) mass is 456 g/mol. The van der Waals surface area contributed by atoms with Crippen molar-refractivity contribution in [3.63, 3.8) is 0 Å². The average molecular weight is 457 g/mol. The minimum atomic E-state index is -0.723. The van der Waals surface area contributed by atoms with Crippen molar-refractivity contribution in [3.8, 4) is 28.7 Å². The van der Waals surface area contributed by atoms with Crippen molar-refractivity contribution in [2.45, 2.75) is 76.6 Å². The highest BCUT2D eigenvalue weighted by Crippen LogP contribution is 2.49. The van der Waals surface area contributed by atoms with E-state index < -0.39 is 17.3 Å². The van der Waals surface area contributed by atoms with Crippen LogP contribution >= 0.6 is 0 Å². The number of aromatic hydroxyl groups is 2. The van der Waals surface area contributed by atoms with Crippen molar-refractivity contribution in [1.29, 1.82) is 0 Å². The average Bonchev–Trinajstić information content (AvgIpc) is 2.72. The normalized spacial score (nSPS) is 22.1. The highest BCUT2D eigenvalue weighted by molar-refractivity contribution is 6.03. The standard InChI is InChI=1S/C26H32O7/c1-25(2,30)9-5-10-26(3)11-8-16-21(33-26)14-22-23(24(16)29)18(28)13-20(32-22)15-6-7-19(31-4)17(27)12-15/h6-7,12,14,20,27,29-30H,5,8-11,13H2,1-4H3/t20-,26?/m0/s1. The SMILES string of the molecule is COc1ccc([C@@H]2CC(=O)c3c(cc4c(c3O)CCC(C)(CCCC(C)(C)O)O4)O2)cc1O. The van der Waals surface area contributed by atoms with E-state index in [1.54, 1.807) is 32.0 Å². The summed E-state index contributed by atoms with van der Waals surface area (Å²) in [5.41, 5.74) is 0.308. The summed E-state index contributed by atoms with van der Waals surface area (Å²) in [6.07, 6.45) is 3.01. The van der Waals surface area contributed by atoms with Gasteiger partial charge in [-0.25, -0.2) is 0 Å². The Hall–Kier alpha value is -2.93. The number of ether oxygens (including phenoxy) is 3. The first kappa shape index (κ1) is 23.2. The molecule has 2 aromatic carbocycles. The molecule has 0 fully saturated rings. The van der Waals surface area contributed by atoms with Gasteiger partial charge in [0.05, 0.1) is 19.1 Å². The fourth-order valence-corrected chi connectivity index (χ4v) is 4.69. The third-order valence-corrected chi connectivity index (χ3v) is 6.58. The maximum Gasteiger partial charge on any atom is 0.174 e. The molecule has 178 valence electrons. The van der Waals surface area contributed by atoms with Crippen molar-refractivity contribution in [1.82, 2.24) is 0 Å². The topological polar surface area (TPSA) is 105 Å². The Morgan fingerprint density at radius 1 is 1.21 bits per heavy atom. The van der Waals surface area contributed by atoms with Crippen LogP contribution in [0.3, 0.4) is 0 Å². The molecule has 0 spiro atoms. The maximum atomic E-state index is 13.0. The number of carbonyl (C=O) groups excluding carboxylic acids is 1. The molecule has 4 rings (SSSR count). The Kier molecular flexibility index (Phi) is 5.95. The van der Waals surface area contributed by atoms with Crippen LogP contribution in [0.5, 0.6) is 28.7 Å². The van der Waals surface area contributed by atoms with E-state index in [0.717, 1.165) is 12.8 Å². The molecule has 0 radical (unpaired) electrons. The van der Waals surface area contributed by atoms with Gasteiger partial charge >= 0.3 is 0 Å². The third kappa shape index (κ3) is 4.74. The molecular weight excluding hydrogens is 424 g/mol. The number of ketones is 1. The molecule has 1 unspecified atom stereocenters. The van der Waals surface area contributed by atoms with Crippen molar-refractivity contribution < 1.29 is 34.3 Å². The minimum absolute atomic E-state index is 0.0321. The number of rotatable bonds is 6. The van der Waals surface area contributed by atoms with E-state index >= 15 is 0 Å². The van der Waals surface area contributed by atoms with Crippen LogP contribution in [-0.2, 0) is 6.42 Å². The highest BCUT2D eigenvalue weighted by Gasteiger charge is 2.38. The molecule has 2 atom stereocenters. The first-order valence-corrected chi connectivity index (χ1v) is 11.4. The molecule has 0 saturated heterocycles. The second-order valence-corrected chi connectivity index (χ2v) is 9.96. The molecule has 33 heavy (non-hydrogen) atoms. The van der Waals surface area contributed by atoms with Gasteiger partial charge in [0, 0.05) is 11.6 Å². The van der Waals surface area contributed by atoms with Gasteiger partial charge in [-0.15, -0.1) is 0 Å². The lowest BCUT2D eigenvalue weighted by molar-refractivity contribution is 0.0328. The number of Topliss-reactive ketones (excluding diaryl/α,β-unsaturated/α-hetero) is 1. The number of phenolic OH excluding ortho intramolecular Hbond substituents is 2. The first-order valence-electron chi connectivity index (χ1n) is 11.4. The molecule has 2 aliphatic heterocycles. The summed E-state index contributed by atoms with van der Waals surface area (Å²) in [5, 5.41) is 31.0. The van der Waals surface area contributed by atoms with Gasteiger partial charge in [0.2, 0.25) is 0 Å². The number of benzene rings is 2. The summed E-state index contributed by atoms with van der Waals surface area (Å²) in [7, 11) is 1.47. The highest BCUT2D eigenvalue weighted by atomic mass is 16.5. The van der Waals surface area contributed by atoms with E-state index in [0.29, 0.717) is 41.9 Å². The predicted molar refractivity (Wildman–Crippen MR) is 123 cm³/mol. The van der Waals surface area contributed by atoms with E-state index in [9.17, 15) is 20.1 Å². The summed E-state index contributed by atoms with van der Waals surface area (Å²) < 4.78 is 17.5. The van der Waals surface area contributed by atoms with E-state index in [2.05, 4.69) is 0 Å². The zero-order valence-corrected chi connectivity index (χ0v) is 19.6. The number of aliphatic hydroxyl groups is 1. The van der Waals surface area contributed by atoms with Crippen LogP contribution in [0.25, 0.3) is 0 Å². The van der Waals surface area contributed by atoms with E-state index in [-0.39, 0.29) is 35.0 Å². The van der Waals surface area contributed by atoms with Crippen LogP contribution in [0.15, 0.2) is 24.3 Å². The van der Waals surface area contributed by atoms with Crippen molar-refractivity contribution in [2.24, 2.45) is 0 Å². The smallest absolute Gasteiger partial charge is 0.174 e. The summed E-state index contributed by atoms with van der Waals surface area (Å²) in [4.78, 5) is 13.0. The Morgan fingerprint density at radius 2 is 1.97 bits per heavy atom. The van der Waals surface area contributed by atoms with Crippen LogP contribution < -0.4 is 14.2 Å². The second-order valence-electron chi connectivity index (χ2n) is 9.96. The number of carbonyl (C=O) groups is 1. The minimum Gasteiger partial charge on any atom is -0.507 e. The maximum absolute atomic E-state index is 13.0. The van der Waals surface area contributed by atoms with Crippen LogP contribution in [0.4, 0.5) is 0 Å². The first-order chi connectivity index (χ1) is 15.5. The molecule has 2 aliphatic rings. The van der Waals surface area contributed by atoms with Crippen LogP contribution in [0, 0.1) is 0 Å². The largest absolute Gasteiger partial charge is 0.507 e. The zero-order chi connectivity index (χ0) is 24.0. The van der Waals surface area contributed by atoms with Gasteiger partial charge in [0.1, 0.15) is 34.5 Å². The van der Waals surface area contributed by atoms with Crippen molar-refractivity contribution in [3.05, 3.63) is 41.0 Å². The van der Waals surface area contributed by atoms with Gasteiger partial charge in [-0.3, -0.25) is 4.79 Å². The van der Waals surface area contributed by atoms with Crippen molar-refractivity contribution in [2.75, 3.05) is 7.11 Å². The fraction of sp³-hybridized carbons (Fsp3) is 0.500. The Labute approximate surface area is 193 Å². The summed E-state index contributed by atoms with van der Waals surface area (Å²) >= 11 is 0. The summed E-state index contributed by atoms with van der Waals surface area (Å²) in [5.74, 6) is 0.829. The van der Waals surface area contributed by atoms with Gasteiger partial charge in [0.15, 0.2) is 17.3 Å². The van der Waals surface area contributed by atoms with E-state index in [4.69, 9.17) is 14.2 Å². The quantitative estimate of drug-likeness (QED) is 0.571. The third-order valence-electron chi connectivity index (χ3n) is 6.58. The molecular formula is C26H32O7. The molecule has 0 amide bonds. The number of fused-ring (bicyclic) bond motifs is 2. The second kappa shape index (κ2) is 8.45. The Morgan fingerprint density at radius 3 is 2.64 bits per heavy atom. The van der Waals surface area contributed by atoms with Gasteiger partial charge in [-0.2, -0.15) is 0 Å². The van der Waals surface area contributed by atoms with Gasteiger partial charge in [0.25, 0.3) is 0 Å². The molecule has 7 heteroatoms.